The number of nitrogens with two attached hydrogens (primary N) is 2. The van der Waals surface area contributed by atoms with Crippen LogP contribution >= 0.6 is 12.4 Å². The summed E-state index contributed by atoms with van der Waals surface area (Å²) < 4.78 is 5.11. The second kappa shape index (κ2) is 10.8. The number of nitrogens with zero attached hydrogens (tertiary/aromatic N) is 2. The van der Waals surface area contributed by atoms with Gasteiger partial charge in [0, 0.05) is 6.54 Å². The number of methoxy groups -OCH3 is 1. The van der Waals surface area contributed by atoms with E-state index in [0.717, 1.165) is 30.7 Å². The van der Waals surface area contributed by atoms with E-state index in [9.17, 15) is 0 Å². The van der Waals surface area contributed by atoms with Crippen LogP contribution in [0.4, 0.5) is 0 Å². The van der Waals surface area contributed by atoms with Gasteiger partial charge in [-0.3, -0.25) is 0 Å². The molecule has 21 heavy (non-hydrogen) atoms. The first-order valence-electron chi connectivity index (χ1n) is 6.66. The molecule has 5 N–H and O–H groups in total. The van der Waals surface area contributed by atoms with E-state index in [-0.39, 0.29) is 18.4 Å². The van der Waals surface area contributed by atoms with Crippen molar-refractivity contribution in [2.45, 2.75) is 26.3 Å². The van der Waals surface area contributed by atoms with Gasteiger partial charge in [0.2, 0.25) is 5.96 Å². The SMILES string of the molecule is CCCCNC(N=C(N)N)=NCc1ccc(OC)cc1.Cl. The first-order chi connectivity index (χ1) is 9.65. The summed E-state index contributed by atoms with van der Waals surface area (Å²) in [5.41, 5.74) is 11.9. The van der Waals surface area contributed by atoms with Gasteiger partial charge in [-0.05, 0) is 24.1 Å². The standard InChI is InChI=1S/C14H23N5O.ClH/c1-3-4-9-17-14(19-13(15)16)18-10-11-5-7-12(20-2)8-6-11;/h5-8H,3-4,9-10H2,1-2H3,(H5,15,16,17,18,19);1H. The van der Waals surface area contributed by atoms with Crippen molar-refractivity contribution in [2.75, 3.05) is 13.7 Å². The van der Waals surface area contributed by atoms with Gasteiger partial charge in [0.15, 0.2) is 5.96 Å². The fourth-order valence-electron chi connectivity index (χ4n) is 1.53. The van der Waals surface area contributed by atoms with Crippen LogP contribution in [0.25, 0.3) is 0 Å². The van der Waals surface area contributed by atoms with Crippen molar-refractivity contribution in [1.82, 2.24) is 5.32 Å². The molecule has 0 heterocycles. The number of hydrogen-bond acceptors (Lipinski definition) is 2. The average Bonchev–Trinajstić information content (AvgIpc) is 2.45. The molecule has 0 bridgehead atoms. The number of hydrogen-bond donors (Lipinski definition) is 3. The highest BCUT2D eigenvalue weighted by Crippen LogP contribution is 2.11. The summed E-state index contributed by atoms with van der Waals surface area (Å²) in [7, 11) is 1.64. The second-order valence-electron chi connectivity index (χ2n) is 4.30. The van der Waals surface area contributed by atoms with Gasteiger partial charge in [-0.25, -0.2) is 4.99 Å². The zero-order valence-corrected chi connectivity index (χ0v) is 13.3. The van der Waals surface area contributed by atoms with Gasteiger partial charge in [-0.1, -0.05) is 25.5 Å². The minimum Gasteiger partial charge on any atom is -0.497 e. The third-order valence-corrected chi connectivity index (χ3v) is 2.62. The molecule has 0 spiro atoms. The van der Waals surface area contributed by atoms with Crippen molar-refractivity contribution in [3.05, 3.63) is 29.8 Å². The molecule has 1 aromatic rings. The molecule has 0 saturated carbocycles. The van der Waals surface area contributed by atoms with Crippen molar-refractivity contribution >= 4 is 24.3 Å². The number of halogens is 1. The van der Waals surface area contributed by atoms with E-state index in [0.29, 0.717) is 12.5 Å². The first kappa shape index (κ1) is 19.1. The lowest BCUT2D eigenvalue weighted by Crippen LogP contribution is -2.30. The highest BCUT2D eigenvalue weighted by atomic mass is 35.5. The normalized spacial score (nSPS) is 10.5. The Balaban J connectivity index is 0.00000400. The molecule has 0 aliphatic carbocycles. The molecule has 0 aliphatic rings. The summed E-state index contributed by atoms with van der Waals surface area (Å²) in [5.74, 6) is 1.29. The van der Waals surface area contributed by atoms with Gasteiger partial charge in [0.05, 0.1) is 13.7 Å². The lowest BCUT2D eigenvalue weighted by atomic mass is 10.2. The van der Waals surface area contributed by atoms with Crippen LogP contribution in [0.1, 0.15) is 25.3 Å². The van der Waals surface area contributed by atoms with Gasteiger partial charge < -0.3 is 21.5 Å². The molecule has 6 nitrogen and oxygen atoms in total. The van der Waals surface area contributed by atoms with Crippen molar-refractivity contribution in [3.63, 3.8) is 0 Å². The van der Waals surface area contributed by atoms with Gasteiger partial charge in [0.25, 0.3) is 0 Å². The number of aliphatic imine (C=N–C) groups is 2. The van der Waals surface area contributed by atoms with E-state index in [4.69, 9.17) is 16.2 Å². The van der Waals surface area contributed by atoms with E-state index in [1.54, 1.807) is 7.11 Å². The van der Waals surface area contributed by atoms with Crippen LogP contribution in [-0.2, 0) is 6.54 Å². The molecule has 0 radical (unpaired) electrons. The Bertz CT molecular complexity index is 455. The van der Waals surface area contributed by atoms with Crippen LogP contribution in [0.2, 0.25) is 0 Å². The summed E-state index contributed by atoms with van der Waals surface area (Å²) in [6.07, 6.45) is 2.14. The lowest BCUT2D eigenvalue weighted by Gasteiger charge is -2.06. The highest BCUT2D eigenvalue weighted by molar-refractivity contribution is 5.93. The van der Waals surface area contributed by atoms with Crippen LogP contribution in [0.5, 0.6) is 5.75 Å². The van der Waals surface area contributed by atoms with Crippen LogP contribution in [0.3, 0.4) is 0 Å². The Morgan fingerprint density at radius 2 is 1.90 bits per heavy atom. The second-order valence-corrected chi connectivity index (χ2v) is 4.30. The summed E-state index contributed by atoms with van der Waals surface area (Å²) in [6, 6.07) is 7.72. The zero-order chi connectivity index (χ0) is 14.8. The van der Waals surface area contributed by atoms with Crippen LogP contribution in [-0.4, -0.2) is 25.6 Å². The Morgan fingerprint density at radius 1 is 1.24 bits per heavy atom. The van der Waals surface area contributed by atoms with Crippen molar-refractivity contribution < 1.29 is 4.74 Å². The monoisotopic (exact) mass is 313 g/mol. The smallest absolute Gasteiger partial charge is 0.221 e. The molecular weight excluding hydrogens is 290 g/mol. The Kier molecular flexibility index (Phi) is 9.79. The van der Waals surface area contributed by atoms with E-state index < -0.39 is 0 Å². The molecule has 0 saturated heterocycles. The Labute approximate surface area is 132 Å². The molecule has 0 fully saturated rings. The zero-order valence-electron chi connectivity index (χ0n) is 12.5. The highest BCUT2D eigenvalue weighted by Gasteiger charge is 1.98. The van der Waals surface area contributed by atoms with Crippen molar-refractivity contribution in [2.24, 2.45) is 21.5 Å². The number of unbranched alkanes of at least 4 members (excludes halogenated alkanes) is 1. The van der Waals surface area contributed by atoms with Crippen LogP contribution < -0.4 is 21.5 Å². The summed E-state index contributed by atoms with van der Waals surface area (Å²) in [5, 5.41) is 3.12. The van der Waals surface area contributed by atoms with E-state index >= 15 is 0 Å². The molecule has 1 aromatic carbocycles. The van der Waals surface area contributed by atoms with Gasteiger partial charge >= 0.3 is 0 Å². The van der Waals surface area contributed by atoms with Gasteiger partial charge in [-0.15, -0.1) is 12.4 Å². The third kappa shape index (κ3) is 8.04. The quantitative estimate of drug-likeness (QED) is 0.422. The van der Waals surface area contributed by atoms with Gasteiger partial charge in [-0.2, -0.15) is 4.99 Å². The molecular formula is C14H24ClN5O. The van der Waals surface area contributed by atoms with Gasteiger partial charge in [0.1, 0.15) is 5.75 Å². The maximum atomic E-state index is 5.39. The number of nitrogens with one attached hydrogen (secondary N) is 1. The van der Waals surface area contributed by atoms with E-state index in [1.807, 2.05) is 24.3 Å². The summed E-state index contributed by atoms with van der Waals surface area (Å²) in [4.78, 5) is 8.36. The lowest BCUT2D eigenvalue weighted by molar-refractivity contribution is 0.414. The fraction of sp³-hybridized carbons (Fsp3) is 0.429. The predicted octanol–water partition coefficient (Wildman–Crippen LogP) is 1.64. The minimum atomic E-state index is 0. The topological polar surface area (TPSA) is 98.0 Å². The molecule has 1 rings (SSSR count). The summed E-state index contributed by atoms with van der Waals surface area (Å²) >= 11 is 0. The van der Waals surface area contributed by atoms with Crippen LogP contribution in [0.15, 0.2) is 34.3 Å². The minimum absolute atomic E-state index is 0. The van der Waals surface area contributed by atoms with E-state index in [1.165, 1.54) is 0 Å². The molecule has 0 unspecified atom stereocenters. The molecule has 0 amide bonds. The maximum absolute atomic E-state index is 5.39. The maximum Gasteiger partial charge on any atom is 0.221 e. The summed E-state index contributed by atoms with van der Waals surface area (Å²) in [6.45, 7) is 3.43. The van der Waals surface area contributed by atoms with E-state index in [2.05, 4.69) is 22.2 Å². The molecule has 7 heteroatoms. The van der Waals surface area contributed by atoms with Crippen molar-refractivity contribution in [1.29, 1.82) is 0 Å². The number of rotatable bonds is 6. The van der Waals surface area contributed by atoms with Crippen LogP contribution in [0, 0.1) is 0 Å². The number of benzene rings is 1. The predicted molar refractivity (Wildman–Crippen MR) is 90.1 cm³/mol. The Hall–Kier alpha value is -1.95. The molecule has 0 atom stereocenters. The van der Waals surface area contributed by atoms with Crippen molar-refractivity contribution in [3.8, 4) is 5.75 Å². The molecule has 0 aliphatic heterocycles. The fourth-order valence-corrected chi connectivity index (χ4v) is 1.53. The first-order valence-corrected chi connectivity index (χ1v) is 6.66. The Morgan fingerprint density at radius 3 is 2.43 bits per heavy atom. The average molecular weight is 314 g/mol. The third-order valence-electron chi connectivity index (χ3n) is 2.62. The number of guanidine groups is 2. The number of ether oxygens (including phenoxy) is 1. The molecule has 118 valence electrons. The largest absolute Gasteiger partial charge is 0.497 e. The molecule has 0 aromatic heterocycles.